The number of rotatable bonds is 5. The molecule has 27 heavy (non-hydrogen) atoms. The summed E-state index contributed by atoms with van der Waals surface area (Å²) in [4.78, 5) is 38.1. The molecule has 0 spiro atoms. The first-order chi connectivity index (χ1) is 13.0. The second kappa shape index (κ2) is 8.40. The zero-order valence-corrected chi connectivity index (χ0v) is 15.0. The Hall–Kier alpha value is -3.29. The molecule has 7 nitrogen and oxygen atoms in total. The Morgan fingerprint density at radius 2 is 1.85 bits per heavy atom. The molecule has 0 aromatic heterocycles. The highest BCUT2D eigenvalue weighted by Crippen LogP contribution is 2.28. The van der Waals surface area contributed by atoms with Gasteiger partial charge < -0.3 is 15.4 Å². The van der Waals surface area contributed by atoms with Gasteiger partial charge in [-0.1, -0.05) is 42.5 Å². The maximum Gasteiger partial charge on any atom is 0.326 e. The highest BCUT2D eigenvalue weighted by Gasteiger charge is 2.32. The van der Waals surface area contributed by atoms with E-state index in [2.05, 4.69) is 10.6 Å². The third kappa shape index (κ3) is 4.66. The lowest BCUT2D eigenvalue weighted by Gasteiger charge is -2.24. The van der Waals surface area contributed by atoms with Gasteiger partial charge in [0.15, 0.2) is 5.81 Å². The molecular formula is C19H20BN3O4. The summed E-state index contributed by atoms with van der Waals surface area (Å²) in [5, 5.41) is 5.77. The van der Waals surface area contributed by atoms with Gasteiger partial charge in [-0.05, 0) is 17.7 Å². The number of anilines is 2. The van der Waals surface area contributed by atoms with Crippen LogP contribution in [0, 0.1) is 0 Å². The summed E-state index contributed by atoms with van der Waals surface area (Å²) < 4.78 is 5.31. The molecule has 0 bridgehead atoms. The molecule has 0 saturated carbocycles. The monoisotopic (exact) mass is 365 g/mol. The van der Waals surface area contributed by atoms with Crippen molar-refractivity contribution >= 4 is 36.9 Å². The molecule has 2 N–H and O–H groups in total. The van der Waals surface area contributed by atoms with Gasteiger partial charge in [0.1, 0.15) is 19.2 Å². The lowest BCUT2D eigenvalue weighted by Crippen LogP contribution is -2.51. The van der Waals surface area contributed by atoms with Crippen LogP contribution in [0.1, 0.15) is 5.56 Å². The summed E-state index contributed by atoms with van der Waals surface area (Å²) in [5.74, 6) is -1.20. The summed E-state index contributed by atoms with van der Waals surface area (Å²) in [6, 6.07) is 15.7. The minimum atomic E-state index is -0.767. The highest BCUT2D eigenvalue weighted by atomic mass is 16.5. The number of para-hydroxylation sites is 2. The molecule has 0 saturated heterocycles. The van der Waals surface area contributed by atoms with E-state index in [1.165, 1.54) is 12.7 Å². The SMILES string of the molecule is BC(=O)N[C@H]1CNc2ccccc2N(CC(=O)OCc2ccccc2)C1=O. The minimum Gasteiger partial charge on any atom is -0.459 e. The fourth-order valence-electron chi connectivity index (χ4n) is 2.90. The second-order valence-electron chi connectivity index (χ2n) is 6.22. The Morgan fingerprint density at radius 3 is 2.59 bits per heavy atom. The summed E-state index contributed by atoms with van der Waals surface area (Å²) in [6.07, 6.45) is 0. The molecule has 2 aromatic rings. The summed E-state index contributed by atoms with van der Waals surface area (Å²) in [6.45, 7) is 0.141. The van der Waals surface area contributed by atoms with Crippen LogP contribution in [0.4, 0.5) is 16.2 Å². The van der Waals surface area contributed by atoms with Crippen molar-refractivity contribution in [3.8, 4) is 0 Å². The van der Waals surface area contributed by atoms with E-state index in [-0.39, 0.29) is 31.4 Å². The van der Waals surface area contributed by atoms with Crippen LogP contribution in [-0.4, -0.2) is 44.7 Å². The van der Waals surface area contributed by atoms with E-state index in [0.717, 1.165) is 11.3 Å². The first-order valence-electron chi connectivity index (χ1n) is 8.65. The van der Waals surface area contributed by atoms with E-state index in [1.54, 1.807) is 12.1 Å². The average molecular weight is 365 g/mol. The normalized spacial score (nSPS) is 15.9. The number of amides is 2. The highest BCUT2D eigenvalue weighted by molar-refractivity contribution is 6.57. The quantitative estimate of drug-likeness (QED) is 0.607. The maximum atomic E-state index is 12.9. The molecule has 0 fully saturated rings. The van der Waals surface area contributed by atoms with Gasteiger partial charge in [-0.2, -0.15) is 0 Å². The molecule has 0 aliphatic carbocycles. The van der Waals surface area contributed by atoms with Crippen LogP contribution in [0.25, 0.3) is 0 Å². The number of carbonyl (C=O) groups is 3. The molecule has 138 valence electrons. The maximum absolute atomic E-state index is 12.9. The van der Waals surface area contributed by atoms with E-state index in [4.69, 9.17) is 4.74 Å². The van der Waals surface area contributed by atoms with E-state index in [0.29, 0.717) is 5.69 Å². The molecule has 1 aliphatic heterocycles. The van der Waals surface area contributed by atoms with Crippen molar-refractivity contribution in [1.29, 1.82) is 0 Å². The van der Waals surface area contributed by atoms with E-state index < -0.39 is 12.0 Å². The Morgan fingerprint density at radius 1 is 1.15 bits per heavy atom. The third-order valence-electron chi connectivity index (χ3n) is 4.16. The Balaban J connectivity index is 1.76. The lowest BCUT2D eigenvalue weighted by molar-refractivity contribution is -0.144. The molecule has 2 aromatic carbocycles. The van der Waals surface area contributed by atoms with Crippen LogP contribution in [-0.2, 0) is 20.9 Å². The van der Waals surface area contributed by atoms with Crippen LogP contribution in [0.3, 0.4) is 0 Å². The molecule has 0 radical (unpaired) electrons. The molecular weight excluding hydrogens is 345 g/mol. The van der Waals surface area contributed by atoms with Crippen LogP contribution < -0.4 is 15.5 Å². The number of nitrogens with zero attached hydrogens (tertiary/aromatic N) is 1. The fourth-order valence-corrected chi connectivity index (χ4v) is 2.90. The van der Waals surface area contributed by atoms with Crippen LogP contribution >= 0.6 is 0 Å². The first kappa shape index (κ1) is 18.5. The zero-order chi connectivity index (χ0) is 19.2. The average Bonchev–Trinajstić information content (AvgIpc) is 2.79. The van der Waals surface area contributed by atoms with Gasteiger partial charge in [-0.25, -0.2) is 0 Å². The van der Waals surface area contributed by atoms with Crippen LogP contribution in [0.15, 0.2) is 54.6 Å². The number of esters is 1. The van der Waals surface area contributed by atoms with Crippen LogP contribution in [0.2, 0.25) is 0 Å². The van der Waals surface area contributed by atoms with Gasteiger partial charge in [-0.15, -0.1) is 0 Å². The summed E-state index contributed by atoms with van der Waals surface area (Å²) >= 11 is 0. The van der Waals surface area contributed by atoms with E-state index in [1.807, 2.05) is 42.5 Å². The van der Waals surface area contributed by atoms with Crippen molar-refractivity contribution in [2.75, 3.05) is 23.3 Å². The first-order valence-corrected chi connectivity index (χ1v) is 8.65. The van der Waals surface area contributed by atoms with Gasteiger partial charge in [-0.3, -0.25) is 19.3 Å². The fraction of sp³-hybridized carbons (Fsp3) is 0.211. The molecule has 2 amide bonds. The van der Waals surface area contributed by atoms with Gasteiger partial charge in [0, 0.05) is 6.54 Å². The van der Waals surface area contributed by atoms with E-state index in [9.17, 15) is 14.4 Å². The number of nitrogens with one attached hydrogen (secondary N) is 2. The topological polar surface area (TPSA) is 87.7 Å². The molecule has 1 aliphatic rings. The Bertz CT molecular complexity index is 844. The number of benzene rings is 2. The van der Waals surface area contributed by atoms with Gasteiger partial charge in [0.05, 0.1) is 11.4 Å². The van der Waals surface area contributed by atoms with Crippen molar-refractivity contribution in [2.24, 2.45) is 0 Å². The third-order valence-corrected chi connectivity index (χ3v) is 4.16. The summed E-state index contributed by atoms with van der Waals surface area (Å²) in [7, 11) is 1.35. The smallest absolute Gasteiger partial charge is 0.326 e. The Labute approximate surface area is 158 Å². The largest absolute Gasteiger partial charge is 0.459 e. The van der Waals surface area contributed by atoms with E-state index >= 15 is 0 Å². The number of ether oxygens (including phenoxy) is 1. The van der Waals surface area contributed by atoms with Crippen molar-refractivity contribution in [2.45, 2.75) is 12.6 Å². The molecule has 8 heteroatoms. The lowest BCUT2D eigenvalue weighted by atomic mass is 10.1. The predicted molar refractivity (Wildman–Crippen MR) is 104 cm³/mol. The Kier molecular flexibility index (Phi) is 5.75. The van der Waals surface area contributed by atoms with Crippen molar-refractivity contribution < 1.29 is 19.1 Å². The number of hydrogen-bond acceptors (Lipinski definition) is 5. The van der Waals surface area contributed by atoms with Crippen LogP contribution in [0.5, 0.6) is 0 Å². The molecule has 1 atom stereocenters. The van der Waals surface area contributed by atoms with Crippen molar-refractivity contribution in [1.82, 2.24) is 5.32 Å². The van der Waals surface area contributed by atoms with Crippen molar-refractivity contribution in [3.05, 3.63) is 60.2 Å². The van der Waals surface area contributed by atoms with Gasteiger partial charge in [0.25, 0.3) is 5.91 Å². The molecule has 0 unspecified atom stereocenters. The number of hydrogen-bond donors (Lipinski definition) is 2. The number of fused-ring (bicyclic) bond motifs is 1. The van der Waals surface area contributed by atoms with Gasteiger partial charge >= 0.3 is 5.97 Å². The second-order valence-corrected chi connectivity index (χ2v) is 6.22. The minimum absolute atomic E-state index is 0.136. The zero-order valence-electron chi connectivity index (χ0n) is 15.0. The standard InChI is InChI=1S/C19H20BN3O4/c20-19(26)22-15-10-21-14-8-4-5-9-16(14)23(18(15)25)11-17(24)27-12-13-6-2-1-3-7-13/h1-9,15,21H,10-12,20H2,(H,22,26)/t15-/m0/s1. The molecule has 3 rings (SSSR count). The van der Waals surface area contributed by atoms with Crippen molar-refractivity contribution in [3.63, 3.8) is 0 Å². The summed E-state index contributed by atoms with van der Waals surface area (Å²) in [5.41, 5.74) is 2.16. The number of carbonyl (C=O) groups excluding carboxylic acids is 3. The predicted octanol–water partition coefficient (Wildman–Crippen LogP) is 0.900. The molecule has 1 heterocycles. The van der Waals surface area contributed by atoms with Gasteiger partial charge in [0.2, 0.25) is 7.85 Å².